The van der Waals surface area contributed by atoms with Gasteiger partial charge in [-0.1, -0.05) is 24.3 Å². The van der Waals surface area contributed by atoms with E-state index in [9.17, 15) is 9.90 Å². The summed E-state index contributed by atoms with van der Waals surface area (Å²) in [6, 6.07) is 7.40. The molecule has 0 atom stereocenters. The van der Waals surface area contributed by atoms with Gasteiger partial charge in [-0.15, -0.1) is 0 Å². The number of nitrogens with two attached hydrogens (primary N) is 2. The highest BCUT2D eigenvalue weighted by Gasteiger charge is 2.24. The lowest BCUT2D eigenvalue weighted by Crippen LogP contribution is -2.15. The van der Waals surface area contributed by atoms with E-state index in [2.05, 4.69) is 0 Å². The van der Waals surface area contributed by atoms with Crippen LogP contribution in [0.5, 0.6) is 0 Å². The molecular formula is C18H22N2O2. The normalized spacial score (nSPS) is 11.0. The zero-order chi connectivity index (χ0) is 16.6. The first-order valence-corrected chi connectivity index (χ1v) is 7.18. The number of rotatable bonds is 3. The summed E-state index contributed by atoms with van der Waals surface area (Å²) in [5.74, 6) is -1.61. The third-order valence-electron chi connectivity index (χ3n) is 4.15. The number of carboxylic acid groups (broad SMARTS) is 1. The van der Waals surface area contributed by atoms with E-state index in [1.165, 1.54) is 0 Å². The predicted octanol–water partition coefficient (Wildman–Crippen LogP) is 3.30. The Balaban J connectivity index is 2.64. The first-order valence-electron chi connectivity index (χ1n) is 7.18. The van der Waals surface area contributed by atoms with Crippen LogP contribution in [-0.4, -0.2) is 11.1 Å². The van der Waals surface area contributed by atoms with Gasteiger partial charge in [0.25, 0.3) is 0 Å². The summed E-state index contributed by atoms with van der Waals surface area (Å²) < 4.78 is 0. The smallest absolute Gasteiger partial charge is 0.315 e. The van der Waals surface area contributed by atoms with E-state index in [-0.39, 0.29) is 0 Å². The average Bonchev–Trinajstić information content (AvgIpc) is 2.41. The van der Waals surface area contributed by atoms with Crippen molar-refractivity contribution in [3.63, 3.8) is 0 Å². The molecule has 2 aromatic carbocycles. The number of benzene rings is 2. The standard InChI is InChI=1S/C18H22N2O2/c1-9-5-13(6-10(2)16(9)19)15(18(21)22)14-7-11(3)17(20)12(4)8-14/h5-8,15H,19-20H2,1-4H3,(H,21,22). The molecule has 0 aliphatic rings. The molecule has 4 nitrogen and oxygen atoms in total. The Morgan fingerprint density at radius 3 is 1.32 bits per heavy atom. The molecule has 0 amide bonds. The second kappa shape index (κ2) is 5.72. The molecule has 116 valence electrons. The van der Waals surface area contributed by atoms with Crippen molar-refractivity contribution in [3.05, 3.63) is 57.6 Å². The van der Waals surface area contributed by atoms with Crippen LogP contribution in [0.15, 0.2) is 24.3 Å². The molecule has 0 aromatic heterocycles. The van der Waals surface area contributed by atoms with Crippen LogP contribution in [0.2, 0.25) is 0 Å². The van der Waals surface area contributed by atoms with Crippen molar-refractivity contribution in [2.45, 2.75) is 33.6 Å². The minimum absolute atomic E-state index is 0.706. The molecule has 22 heavy (non-hydrogen) atoms. The maximum absolute atomic E-state index is 11.9. The summed E-state index contributed by atoms with van der Waals surface area (Å²) in [6.07, 6.45) is 0. The van der Waals surface area contributed by atoms with Crippen LogP contribution in [0.4, 0.5) is 11.4 Å². The van der Waals surface area contributed by atoms with Crippen molar-refractivity contribution in [2.75, 3.05) is 11.5 Å². The highest BCUT2D eigenvalue weighted by atomic mass is 16.4. The van der Waals surface area contributed by atoms with Crippen LogP contribution in [0.25, 0.3) is 0 Å². The predicted molar refractivity (Wildman–Crippen MR) is 90.1 cm³/mol. The highest BCUT2D eigenvalue weighted by Crippen LogP contribution is 2.32. The Labute approximate surface area is 130 Å². The van der Waals surface area contributed by atoms with Crippen molar-refractivity contribution in [3.8, 4) is 0 Å². The fraction of sp³-hybridized carbons (Fsp3) is 0.278. The number of carbonyl (C=O) groups is 1. The lowest BCUT2D eigenvalue weighted by Gasteiger charge is -2.18. The number of aliphatic carboxylic acids is 1. The second-order valence-electron chi connectivity index (χ2n) is 5.91. The van der Waals surface area contributed by atoms with E-state index >= 15 is 0 Å². The Morgan fingerprint density at radius 1 is 0.818 bits per heavy atom. The van der Waals surface area contributed by atoms with Crippen LogP contribution in [-0.2, 0) is 4.79 Å². The minimum atomic E-state index is -0.882. The van der Waals surface area contributed by atoms with Gasteiger partial charge in [0.1, 0.15) is 5.92 Å². The molecule has 2 aromatic rings. The third kappa shape index (κ3) is 2.77. The number of carboxylic acids is 1. The molecule has 0 heterocycles. The number of nitrogen functional groups attached to an aromatic ring is 2. The first kappa shape index (κ1) is 15.9. The van der Waals surface area contributed by atoms with Gasteiger partial charge in [-0.25, -0.2) is 0 Å². The molecule has 4 heteroatoms. The minimum Gasteiger partial charge on any atom is -0.481 e. The molecule has 0 saturated carbocycles. The third-order valence-corrected chi connectivity index (χ3v) is 4.15. The quantitative estimate of drug-likeness (QED) is 0.758. The fourth-order valence-electron chi connectivity index (χ4n) is 2.83. The molecule has 0 aliphatic carbocycles. The van der Waals surface area contributed by atoms with Gasteiger partial charge in [-0.3, -0.25) is 4.79 Å². The SMILES string of the molecule is Cc1cc(C(C(=O)O)c2cc(C)c(N)c(C)c2)cc(C)c1N. The summed E-state index contributed by atoms with van der Waals surface area (Å²) in [5, 5.41) is 9.72. The molecule has 0 unspecified atom stereocenters. The summed E-state index contributed by atoms with van der Waals surface area (Å²) in [4.78, 5) is 11.9. The Hall–Kier alpha value is -2.49. The van der Waals surface area contributed by atoms with E-state index in [1.807, 2.05) is 52.0 Å². The highest BCUT2D eigenvalue weighted by molar-refractivity contribution is 5.81. The zero-order valence-corrected chi connectivity index (χ0v) is 13.4. The monoisotopic (exact) mass is 298 g/mol. The lowest BCUT2D eigenvalue weighted by molar-refractivity contribution is -0.137. The lowest BCUT2D eigenvalue weighted by atomic mass is 9.87. The molecule has 5 N–H and O–H groups in total. The molecule has 0 spiro atoms. The number of hydrogen-bond acceptors (Lipinski definition) is 3. The summed E-state index contributed by atoms with van der Waals surface area (Å²) >= 11 is 0. The van der Waals surface area contributed by atoms with Crippen molar-refractivity contribution in [1.82, 2.24) is 0 Å². The van der Waals surface area contributed by atoms with Gasteiger partial charge in [0.2, 0.25) is 0 Å². The molecule has 0 saturated heterocycles. The van der Waals surface area contributed by atoms with E-state index in [4.69, 9.17) is 11.5 Å². The summed E-state index contributed by atoms with van der Waals surface area (Å²) in [6.45, 7) is 7.57. The zero-order valence-electron chi connectivity index (χ0n) is 13.4. The molecule has 2 rings (SSSR count). The number of anilines is 2. The molecule has 0 bridgehead atoms. The van der Waals surface area contributed by atoms with E-state index in [0.29, 0.717) is 11.4 Å². The van der Waals surface area contributed by atoms with Gasteiger partial charge in [0.05, 0.1) is 0 Å². The maximum Gasteiger partial charge on any atom is 0.315 e. The molecule has 0 radical (unpaired) electrons. The van der Waals surface area contributed by atoms with Gasteiger partial charge in [0, 0.05) is 11.4 Å². The Kier molecular flexibility index (Phi) is 4.13. The topological polar surface area (TPSA) is 89.3 Å². The first-order chi connectivity index (χ1) is 10.2. The van der Waals surface area contributed by atoms with Crippen molar-refractivity contribution < 1.29 is 9.90 Å². The van der Waals surface area contributed by atoms with Gasteiger partial charge in [0.15, 0.2) is 0 Å². The Morgan fingerprint density at radius 2 is 1.09 bits per heavy atom. The number of hydrogen-bond donors (Lipinski definition) is 3. The molecule has 0 aliphatic heterocycles. The van der Waals surface area contributed by atoms with Crippen LogP contribution in [0.3, 0.4) is 0 Å². The molecular weight excluding hydrogens is 276 g/mol. The van der Waals surface area contributed by atoms with Crippen LogP contribution in [0, 0.1) is 27.7 Å². The van der Waals surface area contributed by atoms with Gasteiger partial charge >= 0.3 is 5.97 Å². The summed E-state index contributed by atoms with van der Waals surface area (Å²) in [7, 11) is 0. The maximum atomic E-state index is 11.9. The van der Waals surface area contributed by atoms with Gasteiger partial charge in [-0.2, -0.15) is 0 Å². The fourth-order valence-corrected chi connectivity index (χ4v) is 2.83. The van der Waals surface area contributed by atoms with E-state index < -0.39 is 11.9 Å². The van der Waals surface area contributed by atoms with Crippen LogP contribution < -0.4 is 11.5 Å². The van der Waals surface area contributed by atoms with Crippen molar-refractivity contribution in [2.24, 2.45) is 0 Å². The van der Waals surface area contributed by atoms with Gasteiger partial charge < -0.3 is 16.6 Å². The average molecular weight is 298 g/mol. The van der Waals surface area contributed by atoms with Crippen molar-refractivity contribution >= 4 is 17.3 Å². The summed E-state index contributed by atoms with van der Waals surface area (Å²) in [5.41, 5.74) is 18.4. The molecule has 0 fully saturated rings. The number of aryl methyl sites for hydroxylation is 4. The van der Waals surface area contributed by atoms with E-state index in [0.717, 1.165) is 33.4 Å². The van der Waals surface area contributed by atoms with Crippen molar-refractivity contribution in [1.29, 1.82) is 0 Å². The Bertz CT molecular complexity index is 647. The van der Waals surface area contributed by atoms with Gasteiger partial charge in [-0.05, 0) is 61.1 Å². The second-order valence-corrected chi connectivity index (χ2v) is 5.91. The van der Waals surface area contributed by atoms with E-state index in [1.54, 1.807) is 0 Å². The largest absolute Gasteiger partial charge is 0.481 e. The van der Waals surface area contributed by atoms with Crippen LogP contribution in [0.1, 0.15) is 39.3 Å². The van der Waals surface area contributed by atoms with Crippen LogP contribution >= 0.6 is 0 Å².